The highest BCUT2D eigenvalue weighted by Gasteiger charge is 2.26. The van der Waals surface area contributed by atoms with Gasteiger partial charge in [0.25, 0.3) is 0 Å². The normalized spacial score (nSPS) is 11.8. The van der Waals surface area contributed by atoms with Crippen molar-refractivity contribution in [3.8, 4) is 34.1 Å². The van der Waals surface area contributed by atoms with E-state index >= 15 is 0 Å². The molecule has 0 atom stereocenters. The molecule has 1 aromatic carbocycles. The standard InChI is InChI=1S/C32H37N6O6P/c1-7-42-45(40,43-8-2)44-22-38-21-30(23-11-12-34-26(14-23)19-33)29-17-25(20-35-32(29)38)24-15-27(18-28(16-24)41-6)37(5)31(39)10-9-13-36(3)4/h9-12,14-18,20-21H,7-8,13,22H2,1-6H3/b10-9+. The Labute approximate surface area is 263 Å². The molecule has 0 radical (unpaired) electrons. The van der Waals surface area contributed by atoms with Crippen molar-refractivity contribution in [1.82, 2.24) is 19.4 Å². The van der Waals surface area contributed by atoms with Gasteiger partial charge in [-0.05, 0) is 69.4 Å². The molecule has 0 spiro atoms. The van der Waals surface area contributed by atoms with Crippen LogP contribution in [0.5, 0.6) is 5.75 Å². The highest BCUT2D eigenvalue weighted by Crippen LogP contribution is 2.49. The number of likely N-dealkylation sites (N-methyl/N-ethyl adjacent to an activating group) is 2. The Morgan fingerprint density at radius 3 is 2.44 bits per heavy atom. The van der Waals surface area contributed by atoms with Crippen LogP contribution in [-0.4, -0.2) is 73.4 Å². The molecule has 13 heteroatoms. The first-order valence-electron chi connectivity index (χ1n) is 14.3. The molecule has 0 N–H and O–H groups in total. The van der Waals surface area contributed by atoms with E-state index in [1.807, 2.05) is 49.5 Å². The molecule has 0 fully saturated rings. The summed E-state index contributed by atoms with van der Waals surface area (Å²) >= 11 is 0. The Balaban J connectivity index is 1.80. The van der Waals surface area contributed by atoms with Crippen molar-refractivity contribution in [2.75, 3.05) is 52.9 Å². The Morgan fingerprint density at radius 1 is 1.02 bits per heavy atom. The maximum Gasteiger partial charge on any atom is 0.476 e. The number of anilines is 1. The number of hydrogen-bond donors (Lipinski definition) is 0. The summed E-state index contributed by atoms with van der Waals surface area (Å²) in [6, 6.07) is 13.1. The zero-order valence-corrected chi connectivity index (χ0v) is 27.2. The van der Waals surface area contributed by atoms with Gasteiger partial charge < -0.3 is 19.1 Å². The van der Waals surface area contributed by atoms with Gasteiger partial charge in [-0.15, -0.1) is 0 Å². The fraction of sp³-hybridized carbons (Fsp3) is 0.312. The van der Waals surface area contributed by atoms with E-state index in [-0.39, 0.29) is 31.5 Å². The monoisotopic (exact) mass is 632 g/mol. The Morgan fingerprint density at radius 2 is 1.78 bits per heavy atom. The first-order chi connectivity index (χ1) is 21.6. The third-order valence-electron chi connectivity index (χ3n) is 6.74. The molecule has 4 rings (SSSR count). The van der Waals surface area contributed by atoms with Crippen molar-refractivity contribution >= 4 is 30.5 Å². The number of hydrogen-bond acceptors (Lipinski definition) is 10. The molecule has 3 heterocycles. The molecule has 0 saturated heterocycles. The van der Waals surface area contributed by atoms with Gasteiger partial charge in [-0.25, -0.2) is 14.5 Å². The van der Waals surface area contributed by atoms with E-state index in [0.717, 1.165) is 27.6 Å². The third-order valence-corrected chi connectivity index (χ3v) is 8.32. The first-order valence-corrected chi connectivity index (χ1v) is 15.7. The molecule has 1 amide bonds. The highest BCUT2D eigenvalue weighted by atomic mass is 31.2. The molecule has 0 unspecified atom stereocenters. The lowest BCUT2D eigenvalue weighted by molar-refractivity contribution is -0.113. The van der Waals surface area contributed by atoms with Gasteiger partial charge in [0.05, 0.1) is 20.3 Å². The van der Waals surface area contributed by atoms with E-state index < -0.39 is 7.82 Å². The topological polar surface area (TPSA) is 132 Å². The summed E-state index contributed by atoms with van der Waals surface area (Å²) in [6.45, 7) is 4.20. The van der Waals surface area contributed by atoms with E-state index in [4.69, 9.17) is 23.3 Å². The lowest BCUT2D eigenvalue weighted by atomic mass is 10.0. The fourth-order valence-corrected chi connectivity index (χ4v) is 5.66. The van der Waals surface area contributed by atoms with Crippen molar-refractivity contribution in [2.45, 2.75) is 20.6 Å². The third kappa shape index (κ3) is 8.22. The maximum absolute atomic E-state index is 13.0. The lowest BCUT2D eigenvalue weighted by Gasteiger charge is -2.18. The molecule has 0 aliphatic carbocycles. The minimum atomic E-state index is -3.80. The summed E-state index contributed by atoms with van der Waals surface area (Å²) < 4.78 is 36.5. The Kier molecular flexibility index (Phi) is 11.2. The van der Waals surface area contributed by atoms with E-state index in [1.165, 1.54) is 0 Å². The van der Waals surface area contributed by atoms with Crippen molar-refractivity contribution in [3.63, 3.8) is 0 Å². The summed E-state index contributed by atoms with van der Waals surface area (Å²) in [7, 11) is 3.35. The number of benzene rings is 1. The molecule has 0 aliphatic heterocycles. The molecular weight excluding hydrogens is 595 g/mol. The summed E-state index contributed by atoms with van der Waals surface area (Å²) in [5.41, 5.74) is 4.48. The molecule has 236 valence electrons. The van der Waals surface area contributed by atoms with Crippen LogP contribution in [0.2, 0.25) is 0 Å². The number of rotatable bonds is 14. The second-order valence-corrected chi connectivity index (χ2v) is 11.8. The number of phosphoric acid groups is 1. The summed E-state index contributed by atoms with van der Waals surface area (Å²) in [5, 5.41) is 10.2. The molecule has 0 bridgehead atoms. The van der Waals surface area contributed by atoms with Crippen LogP contribution in [0, 0.1) is 11.3 Å². The number of carbonyl (C=O) groups excluding carboxylic acids is 1. The van der Waals surface area contributed by atoms with Crippen LogP contribution in [0.1, 0.15) is 19.5 Å². The number of carbonyl (C=O) groups is 1. The zero-order chi connectivity index (χ0) is 32.6. The van der Waals surface area contributed by atoms with E-state index in [2.05, 4.69) is 11.1 Å². The number of amides is 1. The number of methoxy groups -OCH3 is 1. The summed E-state index contributed by atoms with van der Waals surface area (Å²) in [4.78, 5) is 25.3. The van der Waals surface area contributed by atoms with E-state index in [0.29, 0.717) is 23.6 Å². The van der Waals surface area contributed by atoms with Crippen LogP contribution < -0.4 is 9.64 Å². The molecule has 45 heavy (non-hydrogen) atoms. The Bertz CT molecular complexity index is 1770. The maximum atomic E-state index is 13.0. The number of nitrogens with zero attached hydrogens (tertiary/aromatic N) is 6. The average molecular weight is 633 g/mol. The smallest absolute Gasteiger partial charge is 0.476 e. The van der Waals surface area contributed by atoms with Gasteiger partial charge in [-0.2, -0.15) is 5.26 Å². The number of phosphoric ester groups is 1. The average Bonchev–Trinajstić information content (AvgIpc) is 3.41. The van der Waals surface area contributed by atoms with Gasteiger partial charge in [-0.3, -0.25) is 18.4 Å². The highest BCUT2D eigenvalue weighted by molar-refractivity contribution is 7.48. The summed E-state index contributed by atoms with van der Waals surface area (Å²) in [6.07, 6.45) is 8.44. The van der Waals surface area contributed by atoms with Crippen molar-refractivity contribution in [1.29, 1.82) is 5.26 Å². The quantitative estimate of drug-likeness (QED) is 0.123. The van der Waals surface area contributed by atoms with Gasteiger partial charge in [-0.1, -0.05) is 6.08 Å². The Hall–Kier alpha value is -4.37. The number of fused-ring (bicyclic) bond motifs is 1. The largest absolute Gasteiger partial charge is 0.497 e. The predicted molar refractivity (Wildman–Crippen MR) is 173 cm³/mol. The van der Waals surface area contributed by atoms with Crippen molar-refractivity contribution in [3.05, 3.63) is 72.8 Å². The van der Waals surface area contributed by atoms with Crippen molar-refractivity contribution < 1.29 is 27.7 Å². The number of nitriles is 1. The number of aromatic nitrogens is 3. The number of ether oxygens (including phenoxy) is 1. The first kappa shape index (κ1) is 33.5. The van der Waals surface area contributed by atoms with Crippen molar-refractivity contribution in [2.24, 2.45) is 0 Å². The molecular formula is C32H37N6O6P. The number of pyridine rings is 2. The van der Waals surface area contributed by atoms with E-state index in [1.54, 1.807) is 74.1 Å². The second kappa shape index (κ2) is 15.1. The minimum absolute atomic E-state index is 0.153. The van der Waals surface area contributed by atoms with Crippen LogP contribution in [0.25, 0.3) is 33.3 Å². The lowest BCUT2D eigenvalue weighted by Crippen LogP contribution is -2.24. The van der Waals surface area contributed by atoms with Crippen LogP contribution in [-0.2, 0) is 29.7 Å². The van der Waals surface area contributed by atoms with Gasteiger partial charge in [0.2, 0.25) is 5.91 Å². The molecule has 0 saturated carbocycles. The minimum Gasteiger partial charge on any atom is -0.497 e. The molecule has 3 aromatic heterocycles. The van der Waals surface area contributed by atoms with Gasteiger partial charge in [0.1, 0.15) is 29.9 Å². The van der Waals surface area contributed by atoms with Crippen LogP contribution in [0.15, 0.2) is 67.1 Å². The summed E-state index contributed by atoms with van der Waals surface area (Å²) in [5.74, 6) is 0.396. The van der Waals surface area contributed by atoms with Crippen LogP contribution in [0.4, 0.5) is 5.69 Å². The SMILES string of the molecule is CCOP(=O)(OCC)OCn1cc(-c2ccnc(C#N)c2)c2cc(-c3cc(OC)cc(N(C)C(=O)/C=C/CN(C)C)c3)cnc21. The molecule has 4 aromatic rings. The van der Waals surface area contributed by atoms with Gasteiger partial charge in [0.15, 0.2) is 0 Å². The van der Waals surface area contributed by atoms with Gasteiger partial charge in [0, 0.05) is 66.5 Å². The second-order valence-electron chi connectivity index (χ2n) is 10.2. The fourth-order valence-electron chi connectivity index (χ4n) is 4.54. The van der Waals surface area contributed by atoms with Crippen LogP contribution >= 0.6 is 7.82 Å². The van der Waals surface area contributed by atoms with E-state index in [9.17, 15) is 14.6 Å². The van der Waals surface area contributed by atoms with Crippen LogP contribution in [0.3, 0.4) is 0 Å². The molecule has 0 aliphatic rings. The van der Waals surface area contributed by atoms with Gasteiger partial charge >= 0.3 is 7.82 Å². The predicted octanol–water partition coefficient (Wildman–Crippen LogP) is 5.88. The zero-order valence-electron chi connectivity index (χ0n) is 26.3. The molecule has 12 nitrogen and oxygen atoms in total.